The smallest absolute Gasteiger partial charge is 0.119 e. The third kappa shape index (κ3) is 2.18. The Morgan fingerprint density at radius 3 is 2.38 bits per heavy atom. The Morgan fingerprint density at radius 2 is 1.76 bits per heavy atom. The zero-order valence-corrected chi connectivity index (χ0v) is 13.1. The van der Waals surface area contributed by atoms with Gasteiger partial charge in [0.05, 0.1) is 16.1 Å². The number of hydrogen-bond donors (Lipinski definition) is 1. The molecule has 0 atom stereocenters. The highest BCUT2D eigenvalue weighted by Gasteiger charge is 2.29. The molecule has 0 saturated carbocycles. The topological polar surface area (TPSA) is 43.8 Å². The van der Waals surface area contributed by atoms with Crippen molar-refractivity contribution in [1.29, 1.82) is 0 Å². The summed E-state index contributed by atoms with van der Waals surface area (Å²) in [5.74, 6) is 0.982. The van der Waals surface area contributed by atoms with Crippen LogP contribution < -0.4 is 5.73 Å². The second-order valence-electron chi connectivity index (χ2n) is 5.85. The van der Waals surface area contributed by atoms with Gasteiger partial charge in [0.25, 0.3) is 0 Å². The van der Waals surface area contributed by atoms with Crippen LogP contribution in [0.4, 0.5) is 5.69 Å². The molecule has 3 aromatic rings. The zero-order chi connectivity index (χ0) is 15.2. The quantitative estimate of drug-likeness (QED) is 0.723. The standard InChI is InChI=1S/C17H18ClN3/c1-17(2,11-7-9-12(19)10-8-11)16-20-14-6-4-5-13(18)15(14)21(16)3/h4-10H,19H2,1-3H3. The molecule has 0 amide bonds. The molecule has 2 aromatic carbocycles. The molecule has 3 rings (SSSR count). The van der Waals surface area contributed by atoms with Crippen molar-refractivity contribution < 1.29 is 0 Å². The molecule has 2 N–H and O–H groups in total. The van der Waals surface area contributed by atoms with Crippen LogP contribution in [-0.4, -0.2) is 9.55 Å². The van der Waals surface area contributed by atoms with Crippen molar-refractivity contribution in [3.05, 3.63) is 58.9 Å². The third-order valence-electron chi connectivity index (χ3n) is 4.04. The summed E-state index contributed by atoms with van der Waals surface area (Å²) < 4.78 is 2.08. The fraction of sp³-hybridized carbons (Fsp3) is 0.235. The number of aryl methyl sites for hydroxylation is 1. The first-order chi connectivity index (χ1) is 9.91. The Hall–Kier alpha value is -2.00. The average Bonchev–Trinajstić information content (AvgIpc) is 2.79. The van der Waals surface area contributed by atoms with E-state index < -0.39 is 0 Å². The van der Waals surface area contributed by atoms with Crippen LogP contribution in [0, 0.1) is 0 Å². The van der Waals surface area contributed by atoms with Gasteiger partial charge < -0.3 is 10.3 Å². The number of nitrogens with two attached hydrogens (primary N) is 1. The van der Waals surface area contributed by atoms with Gasteiger partial charge >= 0.3 is 0 Å². The Kier molecular flexibility index (Phi) is 3.18. The monoisotopic (exact) mass is 299 g/mol. The normalized spacial score (nSPS) is 12.0. The molecule has 0 aliphatic rings. The van der Waals surface area contributed by atoms with Gasteiger partial charge in [-0.15, -0.1) is 0 Å². The molecule has 0 aliphatic heterocycles. The number of fused-ring (bicyclic) bond motifs is 1. The van der Waals surface area contributed by atoms with Crippen molar-refractivity contribution in [2.45, 2.75) is 19.3 Å². The summed E-state index contributed by atoms with van der Waals surface area (Å²) in [6.07, 6.45) is 0. The van der Waals surface area contributed by atoms with Gasteiger partial charge in [-0.25, -0.2) is 4.98 Å². The SMILES string of the molecule is Cn1c(C(C)(C)c2ccc(N)cc2)nc2cccc(Cl)c21. The summed E-state index contributed by atoms with van der Waals surface area (Å²) in [5.41, 5.74) is 9.38. The molecule has 21 heavy (non-hydrogen) atoms. The van der Waals surface area contributed by atoms with Gasteiger partial charge in [0, 0.05) is 18.2 Å². The molecule has 0 radical (unpaired) electrons. The Bertz CT molecular complexity index is 801. The molecule has 0 spiro atoms. The van der Waals surface area contributed by atoms with E-state index in [9.17, 15) is 0 Å². The maximum absolute atomic E-state index is 6.32. The van der Waals surface area contributed by atoms with Crippen molar-refractivity contribution in [1.82, 2.24) is 9.55 Å². The van der Waals surface area contributed by atoms with Crippen molar-refractivity contribution >= 4 is 28.3 Å². The number of aromatic nitrogens is 2. The summed E-state index contributed by atoms with van der Waals surface area (Å²) in [6, 6.07) is 13.8. The molecule has 4 heteroatoms. The van der Waals surface area contributed by atoms with Crippen LogP contribution in [0.3, 0.4) is 0 Å². The molecular formula is C17H18ClN3. The fourth-order valence-electron chi connectivity index (χ4n) is 2.81. The van der Waals surface area contributed by atoms with Gasteiger partial charge in [-0.05, 0) is 43.7 Å². The lowest BCUT2D eigenvalue weighted by Crippen LogP contribution is -2.23. The molecule has 0 fully saturated rings. The van der Waals surface area contributed by atoms with Gasteiger partial charge in [-0.3, -0.25) is 0 Å². The Morgan fingerprint density at radius 1 is 1.10 bits per heavy atom. The molecule has 0 unspecified atom stereocenters. The summed E-state index contributed by atoms with van der Waals surface area (Å²) in [5, 5.41) is 0.724. The van der Waals surface area contributed by atoms with E-state index in [-0.39, 0.29) is 5.41 Å². The van der Waals surface area contributed by atoms with E-state index >= 15 is 0 Å². The number of imidazole rings is 1. The van der Waals surface area contributed by atoms with Crippen LogP contribution in [0.1, 0.15) is 25.2 Å². The number of rotatable bonds is 2. The van der Waals surface area contributed by atoms with Crippen LogP contribution in [0.5, 0.6) is 0 Å². The number of hydrogen-bond acceptors (Lipinski definition) is 2. The summed E-state index contributed by atoms with van der Waals surface area (Å²) in [7, 11) is 2.01. The number of benzene rings is 2. The van der Waals surface area contributed by atoms with Gasteiger partial charge in [-0.2, -0.15) is 0 Å². The Labute approximate surface area is 129 Å². The Balaban J connectivity index is 2.21. The van der Waals surface area contributed by atoms with Crippen molar-refractivity contribution in [3.8, 4) is 0 Å². The van der Waals surface area contributed by atoms with Gasteiger partial charge in [0.15, 0.2) is 0 Å². The molecule has 1 aromatic heterocycles. The molecular weight excluding hydrogens is 282 g/mol. The lowest BCUT2D eigenvalue weighted by atomic mass is 9.83. The first-order valence-corrected chi connectivity index (χ1v) is 7.26. The van der Waals surface area contributed by atoms with Crippen molar-refractivity contribution in [3.63, 3.8) is 0 Å². The van der Waals surface area contributed by atoms with E-state index in [1.165, 1.54) is 5.56 Å². The van der Waals surface area contributed by atoms with Crippen LogP contribution in [0.15, 0.2) is 42.5 Å². The minimum absolute atomic E-state index is 0.231. The summed E-state index contributed by atoms with van der Waals surface area (Å²) in [4.78, 5) is 4.79. The second kappa shape index (κ2) is 4.78. The average molecular weight is 300 g/mol. The highest BCUT2D eigenvalue weighted by atomic mass is 35.5. The molecule has 3 nitrogen and oxygen atoms in total. The largest absolute Gasteiger partial charge is 0.399 e. The lowest BCUT2D eigenvalue weighted by molar-refractivity contribution is 0.568. The third-order valence-corrected chi connectivity index (χ3v) is 4.34. The number of anilines is 1. The predicted octanol–water partition coefficient (Wildman–Crippen LogP) is 4.13. The van der Waals surface area contributed by atoms with Crippen LogP contribution in [-0.2, 0) is 12.5 Å². The minimum atomic E-state index is -0.231. The van der Waals surface area contributed by atoms with Crippen LogP contribution >= 0.6 is 11.6 Å². The highest BCUT2D eigenvalue weighted by molar-refractivity contribution is 6.35. The van der Waals surface area contributed by atoms with Crippen LogP contribution in [0.25, 0.3) is 11.0 Å². The molecule has 1 heterocycles. The molecule has 0 bridgehead atoms. The molecule has 108 valence electrons. The van der Waals surface area contributed by atoms with Gasteiger partial charge in [0.2, 0.25) is 0 Å². The lowest BCUT2D eigenvalue weighted by Gasteiger charge is -2.25. The molecule has 0 saturated heterocycles. The fourth-order valence-corrected chi connectivity index (χ4v) is 3.11. The zero-order valence-electron chi connectivity index (χ0n) is 12.4. The maximum Gasteiger partial charge on any atom is 0.119 e. The highest BCUT2D eigenvalue weighted by Crippen LogP contribution is 2.34. The molecule has 0 aliphatic carbocycles. The van der Waals surface area contributed by atoms with Gasteiger partial charge in [0.1, 0.15) is 5.82 Å². The second-order valence-corrected chi connectivity index (χ2v) is 6.26. The number of para-hydroxylation sites is 1. The van der Waals surface area contributed by atoms with E-state index in [1.54, 1.807) is 0 Å². The van der Waals surface area contributed by atoms with E-state index in [2.05, 4.69) is 30.5 Å². The first kappa shape index (κ1) is 14.0. The first-order valence-electron chi connectivity index (χ1n) is 6.88. The summed E-state index contributed by atoms with van der Waals surface area (Å²) >= 11 is 6.32. The van der Waals surface area contributed by atoms with E-state index in [1.807, 2.05) is 37.4 Å². The van der Waals surface area contributed by atoms with Crippen LogP contribution in [0.2, 0.25) is 5.02 Å². The minimum Gasteiger partial charge on any atom is -0.399 e. The van der Waals surface area contributed by atoms with E-state index in [0.717, 1.165) is 27.6 Å². The van der Waals surface area contributed by atoms with Crippen molar-refractivity contribution in [2.75, 3.05) is 5.73 Å². The van der Waals surface area contributed by atoms with E-state index in [4.69, 9.17) is 22.3 Å². The van der Waals surface area contributed by atoms with E-state index in [0.29, 0.717) is 0 Å². The number of nitrogen functional groups attached to an aromatic ring is 1. The number of halogens is 1. The maximum atomic E-state index is 6.32. The predicted molar refractivity (Wildman–Crippen MR) is 88.7 cm³/mol. The summed E-state index contributed by atoms with van der Waals surface area (Å²) in [6.45, 7) is 4.32. The number of nitrogens with zero attached hydrogens (tertiary/aromatic N) is 2. The van der Waals surface area contributed by atoms with Crippen molar-refractivity contribution in [2.24, 2.45) is 7.05 Å². The van der Waals surface area contributed by atoms with Gasteiger partial charge in [-0.1, -0.05) is 29.8 Å².